The molecule has 0 unspecified atom stereocenters. The van der Waals surface area contributed by atoms with Gasteiger partial charge in [0.15, 0.2) is 0 Å². The highest BCUT2D eigenvalue weighted by Crippen LogP contribution is 2.19. The molecule has 2 aromatic rings. The molecule has 0 spiro atoms. The summed E-state index contributed by atoms with van der Waals surface area (Å²) in [7, 11) is 0. The van der Waals surface area contributed by atoms with E-state index in [4.69, 9.17) is 4.74 Å². The van der Waals surface area contributed by atoms with Gasteiger partial charge in [-0.2, -0.15) is 0 Å². The number of carbonyl (C=O) groups excluding carboxylic acids is 2. The van der Waals surface area contributed by atoms with Crippen molar-refractivity contribution >= 4 is 18.0 Å². The molecule has 152 valence electrons. The van der Waals surface area contributed by atoms with Gasteiger partial charge in [0.1, 0.15) is 18.7 Å². The second-order valence-electron chi connectivity index (χ2n) is 6.98. The molecule has 2 amide bonds. The number of hydrogen-bond donors (Lipinski definition) is 2. The predicted molar refractivity (Wildman–Crippen MR) is 106 cm³/mol. The van der Waals surface area contributed by atoms with Crippen LogP contribution < -0.4 is 5.32 Å². The second kappa shape index (κ2) is 9.73. The molecule has 3 rings (SSSR count). The second-order valence-corrected chi connectivity index (χ2v) is 6.98. The monoisotopic (exact) mass is 396 g/mol. The Morgan fingerprint density at radius 2 is 1.66 bits per heavy atom. The number of likely N-dealkylation sites (tertiary alicyclic amines) is 1. The molecule has 29 heavy (non-hydrogen) atoms. The molecule has 7 nitrogen and oxygen atoms in total. The molecule has 0 bridgehead atoms. The van der Waals surface area contributed by atoms with E-state index in [0.717, 1.165) is 11.1 Å². The number of amides is 2. The molecule has 1 aliphatic heterocycles. The van der Waals surface area contributed by atoms with Crippen LogP contribution in [0.15, 0.2) is 60.7 Å². The van der Waals surface area contributed by atoms with Crippen molar-refractivity contribution < 1.29 is 24.2 Å². The zero-order valence-corrected chi connectivity index (χ0v) is 16.0. The van der Waals surface area contributed by atoms with Gasteiger partial charge < -0.3 is 20.1 Å². The lowest BCUT2D eigenvalue weighted by molar-refractivity contribution is -0.148. The lowest BCUT2D eigenvalue weighted by atomic mass is 10.0. The van der Waals surface area contributed by atoms with Crippen LogP contribution in [0.3, 0.4) is 0 Å². The van der Waals surface area contributed by atoms with Gasteiger partial charge >= 0.3 is 12.1 Å². The third-order valence-electron chi connectivity index (χ3n) is 4.91. The van der Waals surface area contributed by atoms with Crippen LogP contribution >= 0.6 is 0 Å². The number of ether oxygens (including phenoxy) is 1. The lowest BCUT2D eigenvalue weighted by Gasteiger charge is -2.27. The fourth-order valence-electron chi connectivity index (χ4n) is 3.44. The van der Waals surface area contributed by atoms with E-state index in [9.17, 15) is 19.5 Å². The fourth-order valence-corrected chi connectivity index (χ4v) is 3.44. The van der Waals surface area contributed by atoms with Crippen LogP contribution in [0, 0.1) is 0 Å². The van der Waals surface area contributed by atoms with E-state index in [-0.39, 0.29) is 13.0 Å². The zero-order valence-electron chi connectivity index (χ0n) is 16.0. The molecule has 2 atom stereocenters. The first kappa shape index (κ1) is 20.4. The van der Waals surface area contributed by atoms with Crippen molar-refractivity contribution in [1.82, 2.24) is 10.2 Å². The largest absolute Gasteiger partial charge is 0.480 e. The summed E-state index contributed by atoms with van der Waals surface area (Å²) >= 11 is 0. The Morgan fingerprint density at radius 3 is 2.28 bits per heavy atom. The minimum absolute atomic E-state index is 0.0837. The van der Waals surface area contributed by atoms with E-state index in [1.165, 1.54) is 4.90 Å². The number of rotatable bonds is 7. The summed E-state index contributed by atoms with van der Waals surface area (Å²) in [6, 6.07) is 16.7. The van der Waals surface area contributed by atoms with E-state index in [2.05, 4.69) is 5.32 Å². The highest BCUT2D eigenvalue weighted by atomic mass is 16.5. The van der Waals surface area contributed by atoms with Crippen LogP contribution in [0.25, 0.3) is 0 Å². The molecule has 1 saturated heterocycles. The smallest absolute Gasteiger partial charge is 0.408 e. The number of aliphatic carboxylic acids is 1. The Hall–Kier alpha value is -3.35. The maximum absolute atomic E-state index is 13.1. The SMILES string of the molecule is O=C(N[C@@H](Cc1ccccc1)C(=O)N1CCC[C@@H]1C(=O)O)OCc1ccccc1. The number of alkyl carbamates (subject to hydrolysis) is 1. The highest BCUT2D eigenvalue weighted by molar-refractivity contribution is 5.90. The van der Waals surface area contributed by atoms with E-state index in [1.807, 2.05) is 60.7 Å². The third kappa shape index (κ3) is 5.57. The Kier molecular flexibility index (Phi) is 6.84. The number of carboxylic acids is 1. The summed E-state index contributed by atoms with van der Waals surface area (Å²) in [6.45, 7) is 0.447. The maximum Gasteiger partial charge on any atom is 0.408 e. The van der Waals surface area contributed by atoms with Crippen LogP contribution in [0.4, 0.5) is 4.79 Å². The summed E-state index contributed by atoms with van der Waals surface area (Å²) in [4.78, 5) is 38.2. The molecular weight excluding hydrogens is 372 g/mol. The van der Waals surface area contributed by atoms with E-state index >= 15 is 0 Å². The normalized spacial score (nSPS) is 16.8. The molecular formula is C22H24N2O5. The number of benzene rings is 2. The van der Waals surface area contributed by atoms with Gasteiger partial charge in [-0.15, -0.1) is 0 Å². The predicted octanol–water partition coefficient (Wildman–Crippen LogP) is 2.60. The molecule has 0 radical (unpaired) electrons. The molecule has 0 aliphatic carbocycles. The topological polar surface area (TPSA) is 95.9 Å². The van der Waals surface area contributed by atoms with Crippen LogP contribution in [0.1, 0.15) is 24.0 Å². The van der Waals surface area contributed by atoms with E-state index < -0.39 is 30.1 Å². The molecule has 7 heteroatoms. The molecule has 1 fully saturated rings. The van der Waals surface area contributed by atoms with Crippen LogP contribution in [-0.2, 0) is 27.4 Å². The van der Waals surface area contributed by atoms with Gasteiger partial charge in [-0.25, -0.2) is 9.59 Å². The van der Waals surface area contributed by atoms with Crippen LogP contribution in [0.2, 0.25) is 0 Å². The van der Waals surface area contributed by atoms with Gasteiger partial charge in [0.05, 0.1) is 0 Å². The number of hydrogen-bond acceptors (Lipinski definition) is 4. The van der Waals surface area contributed by atoms with Crippen molar-refractivity contribution in [2.75, 3.05) is 6.54 Å². The van der Waals surface area contributed by atoms with E-state index in [0.29, 0.717) is 19.4 Å². The molecule has 2 aromatic carbocycles. The van der Waals surface area contributed by atoms with Crippen molar-refractivity contribution in [1.29, 1.82) is 0 Å². The Labute approximate surface area is 169 Å². The average molecular weight is 396 g/mol. The molecule has 2 N–H and O–H groups in total. The van der Waals surface area contributed by atoms with E-state index in [1.54, 1.807) is 0 Å². The first-order valence-electron chi connectivity index (χ1n) is 9.59. The summed E-state index contributed by atoms with van der Waals surface area (Å²) in [5.74, 6) is -1.43. The van der Waals surface area contributed by atoms with Gasteiger partial charge in [0, 0.05) is 13.0 Å². The molecule has 0 aromatic heterocycles. The zero-order chi connectivity index (χ0) is 20.6. The van der Waals surface area contributed by atoms with Gasteiger partial charge in [0.2, 0.25) is 5.91 Å². The molecule has 1 heterocycles. The maximum atomic E-state index is 13.1. The fraction of sp³-hybridized carbons (Fsp3) is 0.318. The number of carbonyl (C=O) groups is 3. The highest BCUT2D eigenvalue weighted by Gasteiger charge is 2.37. The number of nitrogens with zero attached hydrogens (tertiary/aromatic N) is 1. The quantitative estimate of drug-likeness (QED) is 0.750. The van der Waals surface area contributed by atoms with Crippen molar-refractivity contribution in [2.45, 2.75) is 38.0 Å². The summed E-state index contributed by atoms with van der Waals surface area (Å²) in [5.41, 5.74) is 1.69. The molecule has 0 saturated carbocycles. The summed E-state index contributed by atoms with van der Waals surface area (Å²) in [5, 5.41) is 12.0. The number of nitrogens with one attached hydrogen (secondary N) is 1. The number of carboxylic acid groups (broad SMARTS) is 1. The molecule has 1 aliphatic rings. The van der Waals surface area contributed by atoms with Crippen molar-refractivity contribution in [3.05, 3.63) is 71.8 Å². The first-order valence-corrected chi connectivity index (χ1v) is 9.59. The summed E-state index contributed by atoms with van der Waals surface area (Å²) < 4.78 is 5.25. The Morgan fingerprint density at radius 1 is 1.03 bits per heavy atom. The standard InChI is InChI=1S/C22H24N2O5/c25-20(24-13-7-12-19(24)21(26)27)18(14-16-8-3-1-4-9-16)23-22(28)29-15-17-10-5-2-6-11-17/h1-6,8-11,18-19H,7,12-15H2,(H,23,28)(H,26,27)/t18-,19+/m0/s1. The van der Waals surface area contributed by atoms with Crippen molar-refractivity contribution in [3.8, 4) is 0 Å². The minimum Gasteiger partial charge on any atom is -0.480 e. The average Bonchev–Trinajstić information content (AvgIpc) is 3.23. The van der Waals surface area contributed by atoms with Gasteiger partial charge in [-0.1, -0.05) is 60.7 Å². The Bertz CT molecular complexity index is 841. The van der Waals surface area contributed by atoms with Gasteiger partial charge in [-0.05, 0) is 24.0 Å². The summed E-state index contributed by atoms with van der Waals surface area (Å²) in [6.07, 6.45) is 0.578. The minimum atomic E-state index is -1.03. The van der Waals surface area contributed by atoms with Crippen LogP contribution in [-0.4, -0.2) is 46.6 Å². The Balaban J connectivity index is 1.69. The van der Waals surface area contributed by atoms with Crippen molar-refractivity contribution in [3.63, 3.8) is 0 Å². The van der Waals surface area contributed by atoms with Crippen LogP contribution in [0.5, 0.6) is 0 Å². The van der Waals surface area contributed by atoms with Gasteiger partial charge in [0.25, 0.3) is 0 Å². The lowest BCUT2D eigenvalue weighted by Crippen LogP contribution is -2.52. The third-order valence-corrected chi connectivity index (χ3v) is 4.91. The van der Waals surface area contributed by atoms with Gasteiger partial charge in [-0.3, -0.25) is 4.79 Å². The van der Waals surface area contributed by atoms with Crippen molar-refractivity contribution in [2.24, 2.45) is 0 Å². The first-order chi connectivity index (χ1) is 14.0.